The third-order valence-corrected chi connectivity index (χ3v) is 8.54. The smallest absolute Gasteiger partial charge is 0.0692 e. The minimum Gasteiger partial charge on any atom is -0.392 e. The van der Waals surface area contributed by atoms with Crippen LogP contribution >= 0.6 is 0 Å². The molecule has 0 saturated heterocycles. The van der Waals surface area contributed by atoms with Crippen molar-refractivity contribution < 1.29 is 10.2 Å². The van der Waals surface area contributed by atoms with E-state index in [9.17, 15) is 10.2 Å². The molecular weight excluding hydrogens is 470 g/mol. The summed E-state index contributed by atoms with van der Waals surface area (Å²) in [6.45, 7) is 13.5. The third-order valence-electron chi connectivity index (χ3n) is 8.54. The van der Waals surface area contributed by atoms with Crippen LogP contribution in [0.4, 0.5) is 0 Å². The molecule has 0 amide bonds. The van der Waals surface area contributed by atoms with Crippen LogP contribution < -0.4 is 5.73 Å². The third kappa shape index (κ3) is 22.6. The molecule has 0 aromatic heterocycles. The average Bonchev–Trinajstić information content (AvgIpc) is 2.90. The van der Waals surface area contributed by atoms with Crippen LogP contribution in [0.25, 0.3) is 0 Å². The largest absolute Gasteiger partial charge is 0.392 e. The van der Waals surface area contributed by atoms with E-state index in [4.69, 9.17) is 5.73 Å². The summed E-state index contributed by atoms with van der Waals surface area (Å²) in [5.74, 6) is 0.595. The van der Waals surface area contributed by atoms with E-state index in [0.29, 0.717) is 31.5 Å². The highest BCUT2D eigenvalue weighted by atomic mass is 16.3. The van der Waals surface area contributed by atoms with Gasteiger partial charge in [0, 0.05) is 39.3 Å². The molecule has 0 aliphatic rings. The lowest BCUT2D eigenvalue weighted by atomic mass is 9.94. The van der Waals surface area contributed by atoms with Gasteiger partial charge in [-0.1, -0.05) is 130 Å². The van der Waals surface area contributed by atoms with E-state index in [2.05, 4.69) is 44.5 Å². The number of hydrogen-bond donors (Lipinski definition) is 3. The van der Waals surface area contributed by atoms with Crippen LogP contribution in [0.5, 0.6) is 0 Å². The van der Waals surface area contributed by atoms with Gasteiger partial charge in [0.25, 0.3) is 0 Å². The summed E-state index contributed by atoms with van der Waals surface area (Å²) in [7, 11) is 2.10. The van der Waals surface area contributed by atoms with Crippen LogP contribution in [-0.2, 0) is 0 Å². The summed E-state index contributed by atoms with van der Waals surface area (Å²) in [5.41, 5.74) is 5.74. The van der Waals surface area contributed by atoms with Gasteiger partial charge in [0.1, 0.15) is 0 Å². The Kier molecular flexibility index (Phi) is 26.9. The monoisotopic (exact) mass is 542 g/mol. The molecule has 5 heteroatoms. The van der Waals surface area contributed by atoms with Gasteiger partial charge in [-0.2, -0.15) is 0 Å². The van der Waals surface area contributed by atoms with E-state index in [1.165, 1.54) is 103 Å². The van der Waals surface area contributed by atoms with Gasteiger partial charge in [-0.3, -0.25) is 4.90 Å². The first-order chi connectivity index (χ1) is 18.3. The van der Waals surface area contributed by atoms with Crippen LogP contribution in [0, 0.1) is 11.8 Å². The molecule has 0 heterocycles. The Bertz CT molecular complexity index is 445. The molecule has 0 fully saturated rings. The van der Waals surface area contributed by atoms with Crippen LogP contribution in [-0.4, -0.2) is 78.5 Å². The number of aliphatic hydroxyl groups is 2. The van der Waals surface area contributed by atoms with Gasteiger partial charge in [-0.15, -0.1) is 0 Å². The first-order valence-electron chi connectivity index (χ1n) is 16.8. The lowest BCUT2D eigenvalue weighted by molar-refractivity contribution is 0.0228. The Hall–Kier alpha value is -0.200. The van der Waals surface area contributed by atoms with Gasteiger partial charge in [-0.05, 0) is 31.7 Å². The van der Waals surface area contributed by atoms with Crippen LogP contribution in [0.1, 0.15) is 143 Å². The number of likely N-dealkylation sites (N-methyl/N-ethyl adjacent to an activating group) is 1. The number of rotatable bonds is 29. The van der Waals surface area contributed by atoms with Crippen molar-refractivity contribution in [3.8, 4) is 0 Å². The number of aliphatic hydroxyl groups excluding tert-OH is 2. The number of unbranched alkanes of at least 4 members (excludes halogenated alkanes) is 14. The normalized spacial score (nSPS) is 15.3. The zero-order valence-corrected chi connectivity index (χ0v) is 26.6. The molecule has 0 aromatic rings. The molecule has 38 heavy (non-hydrogen) atoms. The maximum Gasteiger partial charge on any atom is 0.0692 e. The average molecular weight is 542 g/mol. The molecule has 4 unspecified atom stereocenters. The molecule has 0 bridgehead atoms. The molecule has 0 aliphatic carbocycles. The quantitative estimate of drug-likeness (QED) is 0.0871. The molecule has 0 aliphatic heterocycles. The lowest BCUT2D eigenvalue weighted by Gasteiger charge is -2.32. The Labute approximate surface area is 239 Å². The molecule has 0 aromatic carbocycles. The minimum absolute atomic E-state index is 0.297. The topological polar surface area (TPSA) is 73.0 Å². The van der Waals surface area contributed by atoms with E-state index >= 15 is 0 Å². The minimum atomic E-state index is -0.338. The van der Waals surface area contributed by atoms with Crippen LogP contribution in [0.3, 0.4) is 0 Å². The van der Waals surface area contributed by atoms with E-state index in [0.717, 1.165) is 32.5 Å². The van der Waals surface area contributed by atoms with Crippen molar-refractivity contribution in [2.45, 2.75) is 155 Å². The van der Waals surface area contributed by atoms with E-state index < -0.39 is 0 Å². The van der Waals surface area contributed by atoms with Gasteiger partial charge in [0.2, 0.25) is 0 Å². The van der Waals surface area contributed by atoms with Crippen molar-refractivity contribution in [3.05, 3.63) is 0 Å². The van der Waals surface area contributed by atoms with Crippen molar-refractivity contribution in [3.63, 3.8) is 0 Å². The van der Waals surface area contributed by atoms with Crippen molar-refractivity contribution in [1.82, 2.24) is 9.80 Å². The lowest BCUT2D eigenvalue weighted by Crippen LogP contribution is -2.45. The highest BCUT2D eigenvalue weighted by molar-refractivity contribution is 4.76. The Morgan fingerprint density at radius 1 is 0.553 bits per heavy atom. The SMILES string of the molecule is CCCCCCCCCCC(C)C(O)CN(CCN(C)CCN)CC(O)C(C)CCCCCCCCCC. The summed E-state index contributed by atoms with van der Waals surface area (Å²) < 4.78 is 0. The molecule has 230 valence electrons. The van der Waals surface area contributed by atoms with E-state index in [-0.39, 0.29) is 12.2 Å². The summed E-state index contributed by atoms with van der Waals surface area (Å²) in [4.78, 5) is 4.55. The van der Waals surface area contributed by atoms with Gasteiger partial charge in [0.05, 0.1) is 12.2 Å². The maximum absolute atomic E-state index is 11.0. The van der Waals surface area contributed by atoms with Gasteiger partial charge >= 0.3 is 0 Å². The van der Waals surface area contributed by atoms with Crippen molar-refractivity contribution in [2.24, 2.45) is 17.6 Å². The maximum atomic E-state index is 11.0. The second-order valence-corrected chi connectivity index (χ2v) is 12.5. The molecule has 5 nitrogen and oxygen atoms in total. The summed E-state index contributed by atoms with van der Waals surface area (Å²) >= 11 is 0. The summed E-state index contributed by atoms with van der Waals surface area (Å²) in [5, 5.41) is 22.1. The van der Waals surface area contributed by atoms with Crippen LogP contribution in [0.15, 0.2) is 0 Å². The molecule has 4 N–H and O–H groups in total. The fourth-order valence-corrected chi connectivity index (χ4v) is 5.38. The summed E-state index contributed by atoms with van der Waals surface area (Å²) in [6.07, 6.45) is 22.7. The molecule has 0 spiro atoms. The number of nitrogens with zero attached hydrogens (tertiary/aromatic N) is 2. The second-order valence-electron chi connectivity index (χ2n) is 12.5. The number of hydrogen-bond acceptors (Lipinski definition) is 5. The standard InChI is InChI=1S/C33H71N3O2/c1-6-8-10-12-14-16-18-20-22-30(3)32(37)28-36(27-26-35(5)25-24-34)29-33(38)31(4)23-21-19-17-15-13-11-9-7-2/h30-33,37-38H,6-29,34H2,1-5H3. The molecule has 0 rings (SSSR count). The van der Waals surface area contributed by atoms with Gasteiger partial charge in [-0.25, -0.2) is 0 Å². The van der Waals surface area contributed by atoms with Crippen LogP contribution in [0.2, 0.25) is 0 Å². The number of nitrogens with two attached hydrogens (primary N) is 1. The van der Waals surface area contributed by atoms with Crippen molar-refractivity contribution >= 4 is 0 Å². The van der Waals surface area contributed by atoms with E-state index in [1.807, 2.05) is 0 Å². The zero-order valence-electron chi connectivity index (χ0n) is 26.6. The molecule has 0 radical (unpaired) electrons. The highest BCUT2D eigenvalue weighted by Crippen LogP contribution is 2.19. The Morgan fingerprint density at radius 2 is 0.921 bits per heavy atom. The molecule has 0 saturated carbocycles. The fourth-order valence-electron chi connectivity index (χ4n) is 5.38. The predicted molar refractivity (Wildman–Crippen MR) is 168 cm³/mol. The molecular formula is C33H71N3O2. The van der Waals surface area contributed by atoms with Crippen molar-refractivity contribution in [2.75, 3.05) is 46.3 Å². The highest BCUT2D eigenvalue weighted by Gasteiger charge is 2.22. The Morgan fingerprint density at radius 3 is 1.29 bits per heavy atom. The zero-order chi connectivity index (χ0) is 28.4. The first kappa shape index (κ1) is 37.8. The first-order valence-corrected chi connectivity index (χ1v) is 16.8. The predicted octanol–water partition coefficient (Wildman–Crippen LogP) is 7.23. The molecule has 4 atom stereocenters. The Balaban J connectivity index is 4.46. The van der Waals surface area contributed by atoms with Gasteiger partial charge < -0.3 is 20.8 Å². The second kappa shape index (κ2) is 27.0. The van der Waals surface area contributed by atoms with Crippen molar-refractivity contribution in [1.29, 1.82) is 0 Å². The van der Waals surface area contributed by atoms with E-state index in [1.54, 1.807) is 0 Å². The van der Waals surface area contributed by atoms with Gasteiger partial charge in [0.15, 0.2) is 0 Å². The summed E-state index contributed by atoms with van der Waals surface area (Å²) in [6, 6.07) is 0. The fraction of sp³-hybridized carbons (Fsp3) is 1.00.